The van der Waals surface area contributed by atoms with Crippen LogP contribution >= 0.6 is 0 Å². The van der Waals surface area contributed by atoms with E-state index in [2.05, 4.69) is 26.7 Å². The maximum Gasteiger partial charge on any atom is 0.333 e. The van der Waals surface area contributed by atoms with Crippen molar-refractivity contribution in [3.63, 3.8) is 0 Å². The van der Waals surface area contributed by atoms with Gasteiger partial charge in [-0.15, -0.1) is 5.92 Å². The van der Waals surface area contributed by atoms with Crippen molar-refractivity contribution in [1.29, 1.82) is 0 Å². The fraction of sp³-hybridized carbons (Fsp3) is 0.423. The molecule has 5 heterocycles. The number of anilines is 1. The molecule has 36 heavy (non-hydrogen) atoms. The summed E-state index contributed by atoms with van der Waals surface area (Å²) in [4.78, 5) is 43.6. The third-order valence-electron chi connectivity index (χ3n) is 6.94. The van der Waals surface area contributed by atoms with Crippen molar-refractivity contribution in [2.24, 2.45) is 5.73 Å². The van der Waals surface area contributed by atoms with Crippen LogP contribution in [0.3, 0.4) is 0 Å². The Morgan fingerprint density at radius 3 is 2.72 bits per heavy atom. The molecule has 2 N–H and O–H groups in total. The smallest absolute Gasteiger partial charge is 0.333 e. The van der Waals surface area contributed by atoms with Gasteiger partial charge in [-0.2, -0.15) is 4.98 Å². The predicted molar refractivity (Wildman–Crippen MR) is 138 cm³/mol. The van der Waals surface area contributed by atoms with Gasteiger partial charge in [0.1, 0.15) is 0 Å². The monoisotopic (exact) mass is 484 g/mol. The molecule has 2 aliphatic rings. The van der Waals surface area contributed by atoms with Gasteiger partial charge in [-0.25, -0.2) is 9.78 Å². The highest BCUT2D eigenvalue weighted by Gasteiger charge is 2.32. The van der Waals surface area contributed by atoms with E-state index in [1.54, 1.807) is 17.7 Å². The van der Waals surface area contributed by atoms with Crippen molar-refractivity contribution in [3.8, 4) is 11.8 Å². The first-order valence-corrected chi connectivity index (χ1v) is 12.4. The Balaban J connectivity index is 1.55. The van der Waals surface area contributed by atoms with E-state index < -0.39 is 0 Å². The van der Waals surface area contributed by atoms with Crippen LogP contribution in [0.2, 0.25) is 0 Å². The Kier molecular flexibility index (Phi) is 5.57. The first kappa shape index (κ1) is 22.5. The lowest BCUT2D eigenvalue weighted by molar-refractivity contribution is 0.496. The van der Waals surface area contributed by atoms with Crippen LogP contribution in [0.25, 0.3) is 22.2 Å². The minimum absolute atomic E-state index is 0.0395. The topological polar surface area (TPSA) is 117 Å². The molecule has 1 unspecified atom stereocenters. The highest BCUT2D eigenvalue weighted by Crippen LogP contribution is 2.36. The lowest BCUT2D eigenvalue weighted by Crippen LogP contribution is -2.44. The van der Waals surface area contributed by atoms with Crippen molar-refractivity contribution in [2.45, 2.75) is 57.8 Å². The third-order valence-corrected chi connectivity index (χ3v) is 6.94. The molecule has 4 aromatic rings. The molecule has 1 saturated heterocycles. The molecule has 10 heteroatoms. The van der Waals surface area contributed by atoms with E-state index in [0.29, 0.717) is 35.9 Å². The van der Waals surface area contributed by atoms with Crippen molar-refractivity contribution >= 4 is 28.1 Å². The van der Waals surface area contributed by atoms with E-state index in [1.165, 1.54) is 4.57 Å². The van der Waals surface area contributed by atoms with Crippen molar-refractivity contribution in [3.05, 3.63) is 57.0 Å². The molecular formula is C26H28N8O2. The Labute approximate surface area is 207 Å². The summed E-state index contributed by atoms with van der Waals surface area (Å²) in [7, 11) is 0. The van der Waals surface area contributed by atoms with Gasteiger partial charge in [-0.1, -0.05) is 5.92 Å². The number of nitrogens with two attached hydrogens (primary N) is 1. The molecule has 0 aromatic carbocycles. The predicted octanol–water partition coefficient (Wildman–Crippen LogP) is 1.64. The van der Waals surface area contributed by atoms with E-state index >= 15 is 0 Å². The molecule has 0 spiro atoms. The molecule has 0 radical (unpaired) electrons. The standard InChI is InChI=1S/C26H28N8O2/c1-2-3-14-32-22-23(30-25(32)31-13-5-6-17(27)15-31)34(19-9-10-19)26(36)33(24(22)35)16-18-8-11-20-21(29-18)7-4-12-28-20/h4,7-8,11-12,17,19H,5-6,9-10,13-16,27H2,1H3. The molecule has 0 amide bonds. The van der Waals surface area contributed by atoms with Gasteiger partial charge in [0.15, 0.2) is 11.2 Å². The van der Waals surface area contributed by atoms with Gasteiger partial charge in [-0.3, -0.25) is 23.5 Å². The highest BCUT2D eigenvalue weighted by atomic mass is 16.2. The molecule has 1 aliphatic carbocycles. The summed E-state index contributed by atoms with van der Waals surface area (Å²) in [6.07, 6.45) is 5.40. The normalized spacial score (nSPS) is 17.9. The van der Waals surface area contributed by atoms with Gasteiger partial charge in [0.2, 0.25) is 5.95 Å². The van der Waals surface area contributed by atoms with Gasteiger partial charge >= 0.3 is 5.69 Å². The van der Waals surface area contributed by atoms with Gasteiger partial charge in [0.25, 0.3) is 5.56 Å². The minimum Gasteiger partial charge on any atom is -0.341 e. The first-order chi connectivity index (χ1) is 17.5. The van der Waals surface area contributed by atoms with E-state index in [-0.39, 0.29) is 29.9 Å². The number of aromatic nitrogens is 6. The Bertz CT molecular complexity index is 1650. The number of rotatable bonds is 5. The average molecular weight is 485 g/mol. The van der Waals surface area contributed by atoms with Gasteiger partial charge in [-0.05, 0) is 56.9 Å². The molecule has 6 rings (SSSR count). The second-order valence-electron chi connectivity index (χ2n) is 9.56. The molecular weight excluding hydrogens is 456 g/mol. The highest BCUT2D eigenvalue weighted by molar-refractivity contribution is 5.76. The van der Waals surface area contributed by atoms with Crippen LogP contribution in [0.15, 0.2) is 40.1 Å². The van der Waals surface area contributed by atoms with Crippen molar-refractivity contribution in [1.82, 2.24) is 28.7 Å². The minimum atomic E-state index is -0.377. The van der Waals surface area contributed by atoms with Gasteiger partial charge < -0.3 is 10.6 Å². The molecule has 10 nitrogen and oxygen atoms in total. The first-order valence-electron chi connectivity index (χ1n) is 12.4. The summed E-state index contributed by atoms with van der Waals surface area (Å²) >= 11 is 0. The Morgan fingerprint density at radius 1 is 1.08 bits per heavy atom. The fourth-order valence-electron chi connectivity index (χ4n) is 5.03. The largest absolute Gasteiger partial charge is 0.341 e. The molecule has 1 saturated carbocycles. The van der Waals surface area contributed by atoms with Crippen LogP contribution in [0.5, 0.6) is 0 Å². The maximum absolute atomic E-state index is 13.9. The quantitative estimate of drug-likeness (QED) is 0.428. The number of nitrogens with zero attached hydrogens (tertiary/aromatic N) is 7. The van der Waals surface area contributed by atoms with Crippen LogP contribution < -0.4 is 21.9 Å². The van der Waals surface area contributed by atoms with E-state index in [4.69, 9.17) is 10.7 Å². The van der Waals surface area contributed by atoms with E-state index in [1.807, 2.05) is 28.8 Å². The van der Waals surface area contributed by atoms with E-state index in [9.17, 15) is 9.59 Å². The second kappa shape index (κ2) is 8.91. The fourth-order valence-corrected chi connectivity index (χ4v) is 5.03. The summed E-state index contributed by atoms with van der Waals surface area (Å²) in [6, 6.07) is 7.44. The number of piperidine rings is 1. The molecule has 1 atom stereocenters. The Hall–Kier alpha value is -3.97. The summed E-state index contributed by atoms with van der Waals surface area (Å²) < 4.78 is 4.84. The number of hydrogen-bond acceptors (Lipinski definition) is 7. The molecule has 1 aliphatic heterocycles. The van der Waals surface area contributed by atoms with Crippen LogP contribution in [0.1, 0.15) is 44.3 Å². The number of fused-ring (bicyclic) bond motifs is 2. The second-order valence-corrected chi connectivity index (χ2v) is 9.56. The van der Waals surface area contributed by atoms with Gasteiger partial charge in [0, 0.05) is 31.4 Å². The summed E-state index contributed by atoms with van der Waals surface area (Å²) in [5, 5.41) is 0. The van der Waals surface area contributed by atoms with Crippen LogP contribution in [-0.4, -0.2) is 47.8 Å². The maximum atomic E-state index is 13.9. The van der Waals surface area contributed by atoms with Crippen molar-refractivity contribution in [2.75, 3.05) is 18.0 Å². The van der Waals surface area contributed by atoms with Crippen LogP contribution in [-0.2, 0) is 13.1 Å². The van der Waals surface area contributed by atoms with Gasteiger partial charge in [0.05, 0.1) is 29.8 Å². The zero-order valence-electron chi connectivity index (χ0n) is 20.2. The molecule has 2 fully saturated rings. The Morgan fingerprint density at radius 2 is 1.94 bits per heavy atom. The third kappa shape index (κ3) is 3.85. The summed E-state index contributed by atoms with van der Waals surface area (Å²) in [6.45, 7) is 3.60. The zero-order valence-corrected chi connectivity index (χ0v) is 20.2. The lowest BCUT2D eigenvalue weighted by atomic mass is 10.1. The molecule has 0 bridgehead atoms. The lowest BCUT2D eigenvalue weighted by Gasteiger charge is -2.31. The van der Waals surface area contributed by atoms with Crippen molar-refractivity contribution < 1.29 is 0 Å². The van der Waals surface area contributed by atoms with Crippen LogP contribution in [0, 0.1) is 11.8 Å². The summed E-state index contributed by atoms with van der Waals surface area (Å²) in [5.41, 5.74) is 8.48. The molecule has 184 valence electrons. The average Bonchev–Trinajstić information content (AvgIpc) is 3.65. The zero-order chi connectivity index (χ0) is 24.8. The van der Waals surface area contributed by atoms with Crippen LogP contribution in [0.4, 0.5) is 5.95 Å². The number of hydrogen-bond donors (Lipinski definition) is 1. The van der Waals surface area contributed by atoms with E-state index in [0.717, 1.165) is 43.3 Å². The molecule has 4 aromatic heterocycles. The number of pyridine rings is 2. The number of imidazole rings is 1. The summed E-state index contributed by atoms with van der Waals surface area (Å²) in [5.74, 6) is 6.67. The SMILES string of the molecule is CC#CCn1c(N2CCCC(N)C2)nc2c1c(=O)n(Cc1ccc3ncccc3n1)c(=O)n2C1CC1.